The molecule has 1 fully saturated rings. The minimum atomic E-state index is 0.711. The van der Waals surface area contributed by atoms with Crippen molar-refractivity contribution in [2.75, 3.05) is 6.54 Å². The monoisotopic (exact) mass is 187 g/mol. The molecule has 0 aromatic carbocycles. The average Bonchev–Trinajstić information content (AvgIpc) is 2.29. The second-order valence-electron chi connectivity index (χ2n) is 4.48. The van der Waals surface area contributed by atoms with Gasteiger partial charge in [-0.15, -0.1) is 0 Å². The highest BCUT2D eigenvalue weighted by atomic mass is 14.9. The maximum atomic E-state index is 3.64. The summed E-state index contributed by atoms with van der Waals surface area (Å²) in [5.41, 5.74) is 5.00. The maximum absolute atomic E-state index is 3.64. The first-order valence-corrected chi connectivity index (χ1v) is 5.76. The summed E-state index contributed by atoms with van der Waals surface area (Å²) in [6.07, 6.45) is 13.3. The molecule has 1 nitrogen and oxygen atoms in total. The second-order valence-corrected chi connectivity index (χ2v) is 4.48. The number of nitrogens with one attached hydrogen (secondary N) is 1. The van der Waals surface area contributed by atoms with E-state index in [0.717, 1.165) is 0 Å². The molecule has 1 saturated heterocycles. The van der Waals surface area contributed by atoms with Crippen molar-refractivity contribution in [1.82, 2.24) is 5.32 Å². The first-order valence-electron chi connectivity index (χ1n) is 5.76. The second kappa shape index (κ2) is 3.39. The molecule has 1 atom stereocenters. The molecule has 0 amide bonds. The Balaban J connectivity index is 2.01. The van der Waals surface area contributed by atoms with Gasteiger partial charge in [0.05, 0.1) is 0 Å². The highest BCUT2D eigenvalue weighted by Crippen LogP contribution is 2.37. The molecule has 2 aliphatic carbocycles. The van der Waals surface area contributed by atoms with Crippen LogP contribution in [-0.4, -0.2) is 12.6 Å². The zero-order chi connectivity index (χ0) is 9.38. The van der Waals surface area contributed by atoms with E-state index in [1.807, 2.05) is 0 Å². The standard InChI is InChI=1S/C13H17N/c1-2-5-11-10(4-1)7-8-13-12(11)6-3-9-14-13/h1-2,4,13-14H,3,5-9H2. The Hall–Kier alpha value is -0.820. The summed E-state index contributed by atoms with van der Waals surface area (Å²) >= 11 is 0. The largest absolute Gasteiger partial charge is 0.310 e. The van der Waals surface area contributed by atoms with E-state index in [0.29, 0.717) is 6.04 Å². The van der Waals surface area contributed by atoms with E-state index in [1.54, 1.807) is 16.7 Å². The topological polar surface area (TPSA) is 12.0 Å². The van der Waals surface area contributed by atoms with Crippen LogP contribution in [0.5, 0.6) is 0 Å². The van der Waals surface area contributed by atoms with E-state index in [4.69, 9.17) is 0 Å². The molecule has 3 rings (SSSR count). The summed E-state index contributed by atoms with van der Waals surface area (Å²) in [7, 11) is 0. The number of hydrogen-bond acceptors (Lipinski definition) is 1. The fraction of sp³-hybridized carbons (Fsp3) is 0.538. The van der Waals surface area contributed by atoms with Gasteiger partial charge < -0.3 is 5.32 Å². The molecule has 0 bridgehead atoms. The molecule has 0 radical (unpaired) electrons. The molecule has 3 aliphatic rings. The fourth-order valence-electron chi connectivity index (χ4n) is 2.96. The Morgan fingerprint density at radius 3 is 3.29 bits per heavy atom. The van der Waals surface area contributed by atoms with Gasteiger partial charge in [0.25, 0.3) is 0 Å². The Labute approximate surface area is 85.6 Å². The predicted octanol–water partition coefficient (Wildman–Crippen LogP) is 2.72. The SMILES string of the molecule is C1=CCC2=C3CCCNC3CCC2=C1. The summed E-state index contributed by atoms with van der Waals surface area (Å²) < 4.78 is 0. The number of hydrogen-bond donors (Lipinski definition) is 1. The Morgan fingerprint density at radius 1 is 1.29 bits per heavy atom. The van der Waals surface area contributed by atoms with E-state index < -0.39 is 0 Å². The number of allylic oxidation sites excluding steroid dienone is 5. The summed E-state index contributed by atoms with van der Waals surface area (Å²) in [4.78, 5) is 0. The van der Waals surface area contributed by atoms with Crippen LogP contribution in [0.1, 0.15) is 32.1 Å². The molecule has 0 aromatic rings. The smallest absolute Gasteiger partial charge is 0.0288 e. The van der Waals surface area contributed by atoms with Gasteiger partial charge >= 0.3 is 0 Å². The molecule has 0 saturated carbocycles. The summed E-state index contributed by atoms with van der Waals surface area (Å²) in [6.45, 7) is 1.22. The summed E-state index contributed by atoms with van der Waals surface area (Å²) in [5, 5.41) is 3.64. The maximum Gasteiger partial charge on any atom is 0.0288 e. The van der Waals surface area contributed by atoms with Crippen molar-refractivity contribution in [3.8, 4) is 0 Å². The minimum Gasteiger partial charge on any atom is -0.310 e. The van der Waals surface area contributed by atoms with Crippen molar-refractivity contribution in [2.24, 2.45) is 0 Å². The lowest BCUT2D eigenvalue weighted by atomic mass is 9.77. The van der Waals surface area contributed by atoms with Crippen LogP contribution in [0.15, 0.2) is 34.9 Å². The van der Waals surface area contributed by atoms with Crippen LogP contribution < -0.4 is 5.32 Å². The van der Waals surface area contributed by atoms with Gasteiger partial charge in [-0.1, -0.05) is 18.2 Å². The van der Waals surface area contributed by atoms with E-state index in [2.05, 4.69) is 23.5 Å². The minimum absolute atomic E-state index is 0.711. The first-order chi connectivity index (χ1) is 6.95. The van der Waals surface area contributed by atoms with Gasteiger partial charge in [0.15, 0.2) is 0 Å². The Bertz CT molecular complexity index is 333. The molecule has 0 aromatic heterocycles. The van der Waals surface area contributed by atoms with Crippen molar-refractivity contribution in [3.63, 3.8) is 0 Å². The Kier molecular flexibility index (Phi) is 2.06. The molecule has 74 valence electrons. The zero-order valence-corrected chi connectivity index (χ0v) is 8.55. The predicted molar refractivity (Wildman–Crippen MR) is 59.1 cm³/mol. The quantitative estimate of drug-likeness (QED) is 0.615. The van der Waals surface area contributed by atoms with Crippen molar-refractivity contribution in [1.29, 1.82) is 0 Å². The summed E-state index contributed by atoms with van der Waals surface area (Å²) in [6, 6.07) is 0.711. The number of piperidine rings is 1. The highest BCUT2D eigenvalue weighted by Gasteiger charge is 2.27. The van der Waals surface area contributed by atoms with E-state index in [-0.39, 0.29) is 0 Å². The number of fused-ring (bicyclic) bond motifs is 2. The third-order valence-corrected chi connectivity index (χ3v) is 3.67. The van der Waals surface area contributed by atoms with Crippen molar-refractivity contribution in [3.05, 3.63) is 34.9 Å². The van der Waals surface area contributed by atoms with Crippen LogP contribution in [0.25, 0.3) is 0 Å². The fourth-order valence-corrected chi connectivity index (χ4v) is 2.96. The van der Waals surface area contributed by atoms with E-state index in [1.165, 1.54) is 38.6 Å². The molecule has 1 heteroatoms. The van der Waals surface area contributed by atoms with E-state index >= 15 is 0 Å². The van der Waals surface area contributed by atoms with Gasteiger partial charge in [0, 0.05) is 6.04 Å². The molecule has 0 spiro atoms. The van der Waals surface area contributed by atoms with Gasteiger partial charge in [0.2, 0.25) is 0 Å². The van der Waals surface area contributed by atoms with Crippen LogP contribution in [0.3, 0.4) is 0 Å². The van der Waals surface area contributed by atoms with Crippen molar-refractivity contribution >= 4 is 0 Å². The lowest BCUT2D eigenvalue weighted by Gasteiger charge is -2.35. The van der Waals surface area contributed by atoms with Gasteiger partial charge in [-0.25, -0.2) is 0 Å². The van der Waals surface area contributed by atoms with Crippen LogP contribution >= 0.6 is 0 Å². The molecule has 1 aliphatic heterocycles. The van der Waals surface area contributed by atoms with Crippen LogP contribution in [0.4, 0.5) is 0 Å². The van der Waals surface area contributed by atoms with Crippen LogP contribution in [0.2, 0.25) is 0 Å². The van der Waals surface area contributed by atoms with Crippen molar-refractivity contribution < 1.29 is 0 Å². The first kappa shape index (κ1) is 8.49. The number of rotatable bonds is 0. The van der Waals surface area contributed by atoms with Crippen LogP contribution in [-0.2, 0) is 0 Å². The lowest BCUT2D eigenvalue weighted by Crippen LogP contribution is -2.38. The molecule has 1 unspecified atom stereocenters. The van der Waals surface area contributed by atoms with Gasteiger partial charge in [0.1, 0.15) is 0 Å². The van der Waals surface area contributed by atoms with Gasteiger partial charge in [-0.2, -0.15) is 0 Å². The molecule has 14 heavy (non-hydrogen) atoms. The highest BCUT2D eigenvalue weighted by molar-refractivity contribution is 5.46. The van der Waals surface area contributed by atoms with Gasteiger partial charge in [-0.05, 0) is 55.4 Å². The Morgan fingerprint density at radius 2 is 2.29 bits per heavy atom. The van der Waals surface area contributed by atoms with Gasteiger partial charge in [-0.3, -0.25) is 0 Å². The third-order valence-electron chi connectivity index (χ3n) is 3.67. The third kappa shape index (κ3) is 1.27. The van der Waals surface area contributed by atoms with E-state index in [9.17, 15) is 0 Å². The normalized spacial score (nSPS) is 30.9. The molecular weight excluding hydrogens is 170 g/mol. The zero-order valence-electron chi connectivity index (χ0n) is 8.55. The molecular formula is C13H17N. The molecule has 1 N–H and O–H groups in total. The van der Waals surface area contributed by atoms with Crippen molar-refractivity contribution in [2.45, 2.75) is 38.1 Å². The van der Waals surface area contributed by atoms with Crippen LogP contribution in [0, 0.1) is 0 Å². The molecule has 1 heterocycles. The average molecular weight is 187 g/mol. The lowest BCUT2D eigenvalue weighted by molar-refractivity contribution is 0.449. The summed E-state index contributed by atoms with van der Waals surface area (Å²) in [5.74, 6) is 0.